The molecule has 2 fully saturated rings. The molecule has 0 aromatic heterocycles. The molecule has 1 aliphatic carbocycles. The van der Waals surface area contributed by atoms with E-state index in [4.69, 9.17) is 0 Å². The van der Waals surface area contributed by atoms with E-state index in [1.807, 2.05) is 6.07 Å². The van der Waals surface area contributed by atoms with Gasteiger partial charge in [-0.05, 0) is 49.3 Å². The minimum absolute atomic E-state index is 0.322. The summed E-state index contributed by atoms with van der Waals surface area (Å²) < 4.78 is 24.0. The maximum Gasteiger partial charge on any atom is 0.150 e. The predicted molar refractivity (Wildman–Crippen MR) is 84.7 cm³/mol. The van der Waals surface area contributed by atoms with Crippen LogP contribution in [0.3, 0.4) is 0 Å². The molecular weight excluding hydrogens is 338 g/mol. The van der Waals surface area contributed by atoms with Crippen LogP contribution in [0, 0.1) is 5.92 Å². The zero-order chi connectivity index (χ0) is 14.2. The third-order valence-corrected chi connectivity index (χ3v) is 7.06. The van der Waals surface area contributed by atoms with Crippen molar-refractivity contribution in [3.63, 3.8) is 0 Å². The number of benzene rings is 1. The number of sulfone groups is 1. The Morgan fingerprint density at radius 1 is 1.25 bits per heavy atom. The van der Waals surface area contributed by atoms with Gasteiger partial charge in [0.05, 0.1) is 11.5 Å². The van der Waals surface area contributed by atoms with Crippen molar-refractivity contribution in [3.05, 3.63) is 34.3 Å². The Balaban J connectivity index is 1.44. The first-order valence-corrected chi connectivity index (χ1v) is 9.83. The zero-order valence-corrected chi connectivity index (χ0v) is 13.8. The third-order valence-electron chi connectivity index (χ3n) is 4.51. The smallest absolute Gasteiger partial charge is 0.150 e. The van der Waals surface area contributed by atoms with E-state index < -0.39 is 9.84 Å². The van der Waals surface area contributed by atoms with Crippen molar-refractivity contribution in [1.82, 2.24) is 5.32 Å². The summed E-state index contributed by atoms with van der Waals surface area (Å²) in [5.41, 5.74) is 1.40. The molecule has 5 heteroatoms. The first kappa shape index (κ1) is 14.5. The Bertz CT molecular complexity index is 581. The molecule has 3 nitrogen and oxygen atoms in total. The van der Waals surface area contributed by atoms with Crippen molar-refractivity contribution in [3.8, 4) is 0 Å². The largest absolute Gasteiger partial charge is 0.314 e. The third kappa shape index (κ3) is 3.26. The molecule has 1 heterocycles. The van der Waals surface area contributed by atoms with E-state index in [9.17, 15) is 8.42 Å². The van der Waals surface area contributed by atoms with Gasteiger partial charge in [-0.3, -0.25) is 0 Å². The van der Waals surface area contributed by atoms with E-state index >= 15 is 0 Å². The van der Waals surface area contributed by atoms with Crippen LogP contribution < -0.4 is 5.32 Å². The van der Waals surface area contributed by atoms with Gasteiger partial charge in [-0.1, -0.05) is 34.1 Å². The normalized spacial score (nSPS) is 31.9. The van der Waals surface area contributed by atoms with Crippen LogP contribution in [0.1, 0.15) is 30.7 Å². The first-order chi connectivity index (χ1) is 9.53. The molecule has 3 rings (SSSR count). The highest BCUT2D eigenvalue weighted by molar-refractivity contribution is 9.10. The van der Waals surface area contributed by atoms with Crippen molar-refractivity contribution in [2.24, 2.45) is 5.92 Å². The molecule has 1 N–H and O–H groups in total. The van der Waals surface area contributed by atoms with Crippen LogP contribution in [0.4, 0.5) is 0 Å². The van der Waals surface area contributed by atoms with Gasteiger partial charge in [0.15, 0.2) is 9.84 Å². The standard InChI is InChI=1S/C15H20BrNO2S/c16-15-4-2-1-3-14(15)12-7-13(8-12)17-9-11-5-6-20(18,19)10-11/h1-4,11-13,17H,5-10H2. The zero-order valence-electron chi connectivity index (χ0n) is 11.4. The highest BCUT2D eigenvalue weighted by atomic mass is 79.9. The van der Waals surface area contributed by atoms with Gasteiger partial charge in [-0.2, -0.15) is 0 Å². The molecule has 1 aromatic carbocycles. The highest BCUT2D eigenvalue weighted by Gasteiger charge is 2.33. The molecule has 0 spiro atoms. The Kier molecular flexibility index (Phi) is 4.20. The second-order valence-electron chi connectivity index (χ2n) is 6.06. The molecule has 2 aliphatic rings. The Morgan fingerprint density at radius 2 is 2.00 bits per heavy atom. The maximum atomic E-state index is 11.4. The van der Waals surface area contributed by atoms with Crippen molar-refractivity contribution in [1.29, 1.82) is 0 Å². The Hall–Kier alpha value is -0.390. The Labute approximate surface area is 129 Å². The molecule has 1 unspecified atom stereocenters. The maximum absolute atomic E-state index is 11.4. The fourth-order valence-electron chi connectivity index (χ4n) is 3.21. The van der Waals surface area contributed by atoms with E-state index in [2.05, 4.69) is 39.4 Å². The second kappa shape index (κ2) is 5.78. The number of halogens is 1. The minimum atomic E-state index is -2.74. The fraction of sp³-hybridized carbons (Fsp3) is 0.600. The van der Waals surface area contributed by atoms with Crippen LogP contribution in [-0.2, 0) is 9.84 Å². The summed E-state index contributed by atoms with van der Waals surface area (Å²) in [7, 11) is -2.74. The van der Waals surface area contributed by atoms with Gasteiger partial charge < -0.3 is 5.32 Å². The fourth-order valence-corrected chi connectivity index (χ4v) is 5.68. The summed E-state index contributed by atoms with van der Waals surface area (Å²) in [5, 5.41) is 3.54. The molecule has 1 saturated carbocycles. The SMILES string of the molecule is O=S1(=O)CCC(CNC2CC(c3ccccc3Br)C2)C1. The average Bonchev–Trinajstić information content (AvgIpc) is 2.69. The second-order valence-corrected chi connectivity index (χ2v) is 9.15. The van der Waals surface area contributed by atoms with Gasteiger partial charge in [-0.15, -0.1) is 0 Å². The van der Waals surface area contributed by atoms with Gasteiger partial charge in [-0.25, -0.2) is 8.42 Å². The molecule has 1 saturated heterocycles. The van der Waals surface area contributed by atoms with E-state index in [0.29, 0.717) is 29.4 Å². The van der Waals surface area contributed by atoms with Gasteiger partial charge in [0.2, 0.25) is 0 Å². The van der Waals surface area contributed by atoms with Crippen LogP contribution in [-0.4, -0.2) is 32.5 Å². The molecule has 110 valence electrons. The van der Waals surface area contributed by atoms with Crippen LogP contribution >= 0.6 is 15.9 Å². The quantitative estimate of drug-likeness (QED) is 0.900. The lowest BCUT2D eigenvalue weighted by Gasteiger charge is -2.37. The number of hydrogen-bond donors (Lipinski definition) is 1. The summed E-state index contributed by atoms with van der Waals surface area (Å²) >= 11 is 3.61. The first-order valence-electron chi connectivity index (χ1n) is 7.22. The Morgan fingerprint density at radius 3 is 2.65 bits per heavy atom. The molecular formula is C15H20BrNO2S. The lowest BCUT2D eigenvalue weighted by molar-refractivity contribution is 0.279. The highest BCUT2D eigenvalue weighted by Crippen LogP contribution is 2.40. The van der Waals surface area contributed by atoms with Gasteiger partial charge >= 0.3 is 0 Å². The molecule has 1 atom stereocenters. The van der Waals surface area contributed by atoms with Gasteiger partial charge in [0.1, 0.15) is 0 Å². The van der Waals surface area contributed by atoms with Crippen molar-refractivity contribution in [2.45, 2.75) is 31.2 Å². The van der Waals surface area contributed by atoms with Gasteiger partial charge in [0, 0.05) is 10.5 Å². The van der Waals surface area contributed by atoms with E-state index in [1.165, 1.54) is 10.0 Å². The predicted octanol–water partition coefficient (Wildman–Crippen LogP) is 2.72. The van der Waals surface area contributed by atoms with Crippen LogP contribution in [0.15, 0.2) is 28.7 Å². The molecule has 0 amide bonds. The summed E-state index contributed by atoms with van der Waals surface area (Å²) in [6, 6.07) is 8.97. The van der Waals surface area contributed by atoms with E-state index in [0.717, 1.165) is 25.8 Å². The molecule has 20 heavy (non-hydrogen) atoms. The number of nitrogens with one attached hydrogen (secondary N) is 1. The molecule has 1 aliphatic heterocycles. The number of hydrogen-bond acceptors (Lipinski definition) is 3. The number of rotatable bonds is 4. The molecule has 0 radical (unpaired) electrons. The minimum Gasteiger partial charge on any atom is -0.314 e. The summed E-state index contributed by atoms with van der Waals surface area (Å²) in [6.45, 7) is 0.854. The summed E-state index contributed by atoms with van der Waals surface area (Å²) in [6.07, 6.45) is 3.14. The summed E-state index contributed by atoms with van der Waals surface area (Å²) in [5.74, 6) is 1.71. The summed E-state index contributed by atoms with van der Waals surface area (Å²) in [4.78, 5) is 0. The lowest BCUT2D eigenvalue weighted by atomic mass is 9.76. The lowest BCUT2D eigenvalue weighted by Crippen LogP contribution is -2.42. The monoisotopic (exact) mass is 357 g/mol. The van der Waals surface area contributed by atoms with Crippen molar-refractivity contribution < 1.29 is 8.42 Å². The molecule has 0 bridgehead atoms. The van der Waals surface area contributed by atoms with Crippen molar-refractivity contribution >= 4 is 25.8 Å². The van der Waals surface area contributed by atoms with Crippen LogP contribution in [0.5, 0.6) is 0 Å². The molecule has 1 aromatic rings. The topological polar surface area (TPSA) is 46.2 Å². The van der Waals surface area contributed by atoms with Crippen LogP contribution in [0.2, 0.25) is 0 Å². The van der Waals surface area contributed by atoms with Crippen molar-refractivity contribution in [2.75, 3.05) is 18.1 Å². The van der Waals surface area contributed by atoms with E-state index in [1.54, 1.807) is 0 Å². The van der Waals surface area contributed by atoms with Crippen LogP contribution in [0.25, 0.3) is 0 Å². The average molecular weight is 358 g/mol. The van der Waals surface area contributed by atoms with Gasteiger partial charge in [0.25, 0.3) is 0 Å². The van der Waals surface area contributed by atoms with E-state index in [-0.39, 0.29) is 0 Å².